The largest absolute Gasteiger partial charge is 0.354 e. The number of hydrogen-bond donors (Lipinski definition) is 1. The van der Waals surface area contributed by atoms with Gasteiger partial charge in [-0.05, 0) is 32.2 Å². The maximum atomic E-state index is 6.03. The fraction of sp³-hybridized carbons (Fsp3) is 0.714. The molecule has 0 aromatic carbocycles. The van der Waals surface area contributed by atoms with Gasteiger partial charge in [0.15, 0.2) is 6.29 Å². The van der Waals surface area contributed by atoms with E-state index in [2.05, 4.69) is 43.2 Å². The molecule has 19 heavy (non-hydrogen) atoms. The highest BCUT2D eigenvalue weighted by Gasteiger charge is 2.40. The van der Waals surface area contributed by atoms with Gasteiger partial charge in [0.1, 0.15) is 0 Å². The van der Waals surface area contributed by atoms with Crippen molar-refractivity contribution in [2.75, 3.05) is 20.8 Å². The number of nitrogens with zero attached hydrogens (tertiary/aromatic N) is 1. The van der Waals surface area contributed by atoms with Gasteiger partial charge >= 0.3 is 0 Å². The summed E-state index contributed by atoms with van der Waals surface area (Å²) in [5.41, 5.74) is 5.67. The first kappa shape index (κ1) is 16.6. The molecule has 0 saturated heterocycles. The Morgan fingerprint density at radius 1 is 1.37 bits per heavy atom. The van der Waals surface area contributed by atoms with E-state index in [0.717, 1.165) is 6.54 Å². The second-order valence-electron chi connectivity index (χ2n) is 5.17. The van der Waals surface area contributed by atoms with Crippen LogP contribution in [-0.4, -0.2) is 43.5 Å². The van der Waals surface area contributed by atoms with E-state index in [4.69, 9.17) is 15.2 Å². The van der Waals surface area contributed by atoms with Crippen molar-refractivity contribution < 1.29 is 9.47 Å². The third-order valence-electron chi connectivity index (χ3n) is 3.53. The molecule has 0 fully saturated rings. The van der Waals surface area contributed by atoms with Crippen LogP contribution in [0.3, 0.4) is 0 Å². The molecule has 1 aromatic heterocycles. The smallest absolute Gasteiger partial charge is 0.176 e. The predicted octanol–water partition coefficient (Wildman–Crippen LogP) is 2.29. The van der Waals surface area contributed by atoms with E-state index in [1.807, 2.05) is 0 Å². The molecular weight excluding hydrogens is 260 g/mol. The molecule has 5 heteroatoms. The Bertz CT molecular complexity index is 352. The molecule has 2 N–H and O–H groups in total. The third kappa shape index (κ3) is 3.77. The molecule has 1 heterocycles. The lowest BCUT2D eigenvalue weighted by Crippen LogP contribution is -2.61. The molecule has 0 spiro atoms. The van der Waals surface area contributed by atoms with E-state index >= 15 is 0 Å². The van der Waals surface area contributed by atoms with Gasteiger partial charge in [-0.1, -0.05) is 6.07 Å². The molecule has 1 atom stereocenters. The molecule has 0 aliphatic rings. The van der Waals surface area contributed by atoms with Crippen LogP contribution in [0.4, 0.5) is 0 Å². The Kier molecular flexibility index (Phi) is 6.42. The SMILES string of the molecule is COC(OC)C(C)(CN)N(Cc1cccs1)C(C)C. The topological polar surface area (TPSA) is 47.7 Å². The molecule has 1 rings (SSSR count). The number of hydrogen-bond acceptors (Lipinski definition) is 5. The molecule has 0 aliphatic carbocycles. The van der Waals surface area contributed by atoms with Gasteiger partial charge in [-0.15, -0.1) is 11.3 Å². The molecule has 0 amide bonds. The van der Waals surface area contributed by atoms with Crippen molar-refractivity contribution in [1.29, 1.82) is 0 Å². The lowest BCUT2D eigenvalue weighted by Gasteiger charge is -2.46. The zero-order valence-electron chi connectivity index (χ0n) is 12.6. The molecule has 4 nitrogen and oxygen atoms in total. The van der Waals surface area contributed by atoms with Gasteiger partial charge in [0.05, 0.1) is 5.54 Å². The summed E-state index contributed by atoms with van der Waals surface area (Å²) in [5, 5.41) is 2.09. The van der Waals surface area contributed by atoms with Crippen LogP contribution < -0.4 is 5.73 Å². The van der Waals surface area contributed by atoms with Crippen LogP contribution in [0.5, 0.6) is 0 Å². The summed E-state index contributed by atoms with van der Waals surface area (Å²) in [6.07, 6.45) is -0.347. The fourth-order valence-corrected chi connectivity index (χ4v) is 3.18. The number of ether oxygens (including phenoxy) is 2. The van der Waals surface area contributed by atoms with Crippen molar-refractivity contribution in [3.05, 3.63) is 22.4 Å². The van der Waals surface area contributed by atoms with E-state index in [0.29, 0.717) is 12.6 Å². The minimum atomic E-state index is -0.359. The van der Waals surface area contributed by atoms with E-state index < -0.39 is 0 Å². The maximum absolute atomic E-state index is 6.03. The van der Waals surface area contributed by atoms with Crippen LogP contribution in [0.25, 0.3) is 0 Å². The minimum Gasteiger partial charge on any atom is -0.354 e. The summed E-state index contributed by atoms with van der Waals surface area (Å²) in [4.78, 5) is 3.66. The first-order chi connectivity index (χ1) is 8.99. The van der Waals surface area contributed by atoms with Crippen LogP contribution in [0, 0.1) is 0 Å². The van der Waals surface area contributed by atoms with Crippen LogP contribution in [0.1, 0.15) is 25.6 Å². The van der Waals surface area contributed by atoms with Crippen LogP contribution in [-0.2, 0) is 16.0 Å². The van der Waals surface area contributed by atoms with Crippen LogP contribution in [0.15, 0.2) is 17.5 Å². The molecule has 0 radical (unpaired) electrons. The number of nitrogens with two attached hydrogens (primary N) is 1. The molecule has 0 saturated carbocycles. The standard InChI is InChI=1S/C14H26N2O2S/c1-11(2)16(9-12-7-6-8-19-12)14(3,10-15)13(17-4)18-5/h6-8,11,13H,9-10,15H2,1-5H3. The van der Waals surface area contributed by atoms with Gasteiger partial charge < -0.3 is 15.2 Å². The van der Waals surface area contributed by atoms with E-state index in [1.54, 1.807) is 25.6 Å². The summed E-state index contributed by atoms with van der Waals surface area (Å²) >= 11 is 1.76. The van der Waals surface area contributed by atoms with Gasteiger partial charge in [0.25, 0.3) is 0 Å². The first-order valence-electron chi connectivity index (χ1n) is 6.54. The maximum Gasteiger partial charge on any atom is 0.176 e. The molecular formula is C14H26N2O2S. The average Bonchev–Trinajstić information content (AvgIpc) is 2.89. The zero-order chi connectivity index (χ0) is 14.5. The minimum absolute atomic E-state index is 0.347. The van der Waals surface area contributed by atoms with Crippen molar-refractivity contribution >= 4 is 11.3 Å². The highest BCUT2D eigenvalue weighted by Crippen LogP contribution is 2.27. The summed E-state index contributed by atoms with van der Waals surface area (Å²) in [7, 11) is 3.32. The first-order valence-corrected chi connectivity index (χ1v) is 7.42. The summed E-state index contributed by atoms with van der Waals surface area (Å²) in [6, 6.07) is 4.57. The van der Waals surface area contributed by atoms with Gasteiger partial charge in [-0.2, -0.15) is 0 Å². The molecule has 1 aromatic rings. The Morgan fingerprint density at radius 2 is 2.00 bits per heavy atom. The molecule has 0 aliphatic heterocycles. The van der Waals surface area contributed by atoms with Gasteiger partial charge in [-0.25, -0.2) is 0 Å². The van der Waals surface area contributed by atoms with Gasteiger partial charge in [0, 0.05) is 38.2 Å². The van der Waals surface area contributed by atoms with Crippen molar-refractivity contribution in [3.63, 3.8) is 0 Å². The van der Waals surface area contributed by atoms with E-state index in [-0.39, 0.29) is 11.8 Å². The Morgan fingerprint density at radius 3 is 2.37 bits per heavy atom. The lowest BCUT2D eigenvalue weighted by molar-refractivity contribution is -0.188. The highest BCUT2D eigenvalue weighted by atomic mass is 32.1. The number of methoxy groups -OCH3 is 2. The van der Waals surface area contributed by atoms with Crippen molar-refractivity contribution in [3.8, 4) is 0 Å². The van der Waals surface area contributed by atoms with Crippen LogP contribution >= 0.6 is 11.3 Å². The van der Waals surface area contributed by atoms with Crippen LogP contribution in [0.2, 0.25) is 0 Å². The van der Waals surface area contributed by atoms with Crippen molar-refractivity contribution in [1.82, 2.24) is 4.90 Å². The second kappa shape index (κ2) is 7.36. The molecule has 110 valence electrons. The summed E-state index contributed by atoms with van der Waals surface area (Å²) in [6.45, 7) is 7.77. The molecule has 1 unspecified atom stereocenters. The van der Waals surface area contributed by atoms with Crippen molar-refractivity contribution in [2.45, 2.75) is 45.2 Å². The fourth-order valence-electron chi connectivity index (χ4n) is 2.48. The van der Waals surface area contributed by atoms with E-state index in [1.165, 1.54) is 4.88 Å². The molecule has 0 bridgehead atoms. The highest BCUT2D eigenvalue weighted by molar-refractivity contribution is 7.09. The summed E-state index contributed by atoms with van der Waals surface area (Å²) < 4.78 is 10.9. The average molecular weight is 286 g/mol. The summed E-state index contributed by atoms with van der Waals surface area (Å²) in [5.74, 6) is 0. The second-order valence-corrected chi connectivity index (χ2v) is 6.20. The Labute approximate surface area is 120 Å². The predicted molar refractivity (Wildman–Crippen MR) is 80.3 cm³/mol. The zero-order valence-corrected chi connectivity index (χ0v) is 13.4. The number of thiophene rings is 1. The Hall–Kier alpha value is -0.460. The third-order valence-corrected chi connectivity index (χ3v) is 4.40. The lowest BCUT2D eigenvalue weighted by atomic mass is 9.96. The Balaban J connectivity index is 2.99. The van der Waals surface area contributed by atoms with Crippen molar-refractivity contribution in [2.24, 2.45) is 5.73 Å². The van der Waals surface area contributed by atoms with E-state index in [9.17, 15) is 0 Å². The number of rotatable bonds is 8. The monoisotopic (exact) mass is 286 g/mol. The normalized spacial score (nSPS) is 15.4. The van der Waals surface area contributed by atoms with Gasteiger partial charge in [0.2, 0.25) is 0 Å². The van der Waals surface area contributed by atoms with Gasteiger partial charge in [-0.3, -0.25) is 4.90 Å². The quantitative estimate of drug-likeness (QED) is 0.745.